The minimum atomic E-state index is -1.28. The van der Waals surface area contributed by atoms with E-state index in [1.54, 1.807) is 13.0 Å². The van der Waals surface area contributed by atoms with Gasteiger partial charge in [0, 0.05) is 10.6 Å². The van der Waals surface area contributed by atoms with Crippen molar-refractivity contribution in [2.45, 2.75) is 13.0 Å². The summed E-state index contributed by atoms with van der Waals surface area (Å²) < 4.78 is 27.0. The summed E-state index contributed by atoms with van der Waals surface area (Å²) in [7, 11) is 0. The molecule has 18 heavy (non-hydrogen) atoms. The summed E-state index contributed by atoms with van der Waals surface area (Å²) in [5.74, 6) is -1.06. The molecule has 2 aromatic carbocycles. The molecule has 0 amide bonds. The van der Waals surface area contributed by atoms with Crippen molar-refractivity contribution >= 4 is 11.6 Å². The summed E-state index contributed by atoms with van der Waals surface area (Å²) in [5, 5.41) is 10.2. The smallest absolute Gasteiger partial charge is 0.130 e. The molecule has 0 radical (unpaired) electrons. The Bertz CT molecular complexity index is 564. The Balaban J connectivity index is 2.48. The van der Waals surface area contributed by atoms with Crippen molar-refractivity contribution in [2.24, 2.45) is 0 Å². The quantitative estimate of drug-likeness (QED) is 0.873. The molecule has 2 rings (SSSR count). The van der Waals surface area contributed by atoms with E-state index < -0.39 is 17.7 Å². The number of hydrogen-bond donors (Lipinski definition) is 1. The van der Waals surface area contributed by atoms with E-state index in [1.165, 1.54) is 30.3 Å². The first kappa shape index (κ1) is 13.0. The van der Waals surface area contributed by atoms with Gasteiger partial charge in [-0.15, -0.1) is 0 Å². The van der Waals surface area contributed by atoms with Gasteiger partial charge in [0.15, 0.2) is 0 Å². The van der Waals surface area contributed by atoms with Gasteiger partial charge < -0.3 is 5.11 Å². The van der Waals surface area contributed by atoms with Crippen molar-refractivity contribution in [3.63, 3.8) is 0 Å². The topological polar surface area (TPSA) is 20.2 Å². The van der Waals surface area contributed by atoms with Crippen molar-refractivity contribution in [3.8, 4) is 0 Å². The number of hydrogen-bond acceptors (Lipinski definition) is 1. The molecule has 0 heterocycles. The first-order chi connectivity index (χ1) is 8.50. The summed E-state index contributed by atoms with van der Waals surface area (Å²) in [6.07, 6.45) is -1.28. The van der Waals surface area contributed by atoms with E-state index in [-0.39, 0.29) is 16.1 Å². The first-order valence-corrected chi connectivity index (χ1v) is 5.76. The Labute approximate surface area is 109 Å². The Morgan fingerprint density at radius 3 is 2.44 bits per heavy atom. The second kappa shape index (κ2) is 5.04. The average Bonchev–Trinajstić information content (AvgIpc) is 2.32. The van der Waals surface area contributed by atoms with Crippen LogP contribution in [0.5, 0.6) is 0 Å². The van der Waals surface area contributed by atoms with Gasteiger partial charge >= 0.3 is 0 Å². The number of aryl methyl sites for hydroxylation is 1. The average molecular weight is 269 g/mol. The van der Waals surface area contributed by atoms with Crippen LogP contribution in [0.15, 0.2) is 36.4 Å². The fourth-order valence-corrected chi connectivity index (χ4v) is 1.98. The molecule has 94 valence electrons. The molecule has 1 N–H and O–H groups in total. The van der Waals surface area contributed by atoms with E-state index in [0.29, 0.717) is 5.56 Å². The molecule has 0 bridgehead atoms. The Morgan fingerprint density at radius 2 is 1.83 bits per heavy atom. The van der Waals surface area contributed by atoms with Crippen LogP contribution in [0.1, 0.15) is 22.8 Å². The van der Waals surface area contributed by atoms with E-state index in [4.69, 9.17) is 11.6 Å². The lowest BCUT2D eigenvalue weighted by Gasteiger charge is -2.14. The van der Waals surface area contributed by atoms with Gasteiger partial charge in [-0.1, -0.05) is 29.8 Å². The molecule has 2 aromatic rings. The number of halogens is 3. The van der Waals surface area contributed by atoms with Crippen molar-refractivity contribution in [2.75, 3.05) is 0 Å². The van der Waals surface area contributed by atoms with Crippen LogP contribution in [0.2, 0.25) is 5.02 Å². The van der Waals surface area contributed by atoms with Gasteiger partial charge in [-0.25, -0.2) is 8.78 Å². The van der Waals surface area contributed by atoms with Crippen molar-refractivity contribution < 1.29 is 13.9 Å². The van der Waals surface area contributed by atoms with Gasteiger partial charge in [-0.3, -0.25) is 0 Å². The highest BCUT2D eigenvalue weighted by atomic mass is 35.5. The van der Waals surface area contributed by atoms with E-state index in [9.17, 15) is 13.9 Å². The molecule has 0 aromatic heterocycles. The van der Waals surface area contributed by atoms with Crippen LogP contribution in [0.25, 0.3) is 0 Å². The molecule has 0 spiro atoms. The molecule has 0 aliphatic heterocycles. The molecule has 0 aliphatic rings. The third-order valence-corrected chi connectivity index (χ3v) is 3.11. The highest BCUT2D eigenvalue weighted by Crippen LogP contribution is 2.31. The van der Waals surface area contributed by atoms with Gasteiger partial charge in [0.1, 0.15) is 17.7 Å². The fourth-order valence-electron chi connectivity index (χ4n) is 1.72. The maximum Gasteiger partial charge on any atom is 0.130 e. The summed E-state index contributed by atoms with van der Waals surface area (Å²) in [6.45, 7) is 1.61. The maximum atomic E-state index is 13.6. The zero-order valence-corrected chi connectivity index (χ0v) is 10.4. The molecule has 4 heteroatoms. The minimum Gasteiger partial charge on any atom is -0.383 e. The predicted molar refractivity (Wildman–Crippen MR) is 66.6 cm³/mol. The van der Waals surface area contributed by atoms with Crippen LogP contribution >= 0.6 is 11.6 Å². The normalized spacial score (nSPS) is 12.5. The van der Waals surface area contributed by atoms with E-state index in [0.717, 1.165) is 0 Å². The summed E-state index contributed by atoms with van der Waals surface area (Å²) >= 11 is 5.85. The van der Waals surface area contributed by atoms with E-state index >= 15 is 0 Å². The van der Waals surface area contributed by atoms with Crippen molar-refractivity contribution in [1.29, 1.82) is 0 Å². The highest BCUT2D eigenvalue weighted by molar-refractivity contribution is 6.31. The van der Waals surface area contributed by atoms with Crippen LogP contribution in [-0.4, -0.2) is 5.11 Å². The molecule has 1 unspecified atom stereocenters. The lowest BCUT2D eigenvalue weighted by atomic mass is 10.00. The Kier molecular flexibility index (Phi) is 3.64. The lowest BCUT2D eigenvalue weighted by Crippen LogP contribution is -2.04. The second-order valence-corrected chi connectivity index (χ2v) is 4.45. The number of benzene rings is 2. The molecule has 0 aliphatic carbocycles. The van der Waals surface area contributed by atoms with E-state index in [2.05, 4.69) is 0 Å². The molecule has 0 saturated carbocycles. The van der Waals surface area contributed by atoms with E-state index in [1.807, 2.05) is 0 Å². The fraction of sp³-hybridized carbons (Fsp3) is 0.143. The van der Waals surface area contributed by atoms with Crippen LogP contribution in [0, 0.1) is 18.6 Å². The van der Waals surface area contributed by atoms with Crippen LogP contribution in [0.4, 0.5) is 8.78 Å². The minimum absolute atomic E-state index is 0.0394. The third kappa shape index (κ3) is 2.37. The molecular formula is C14H11ClF2O. The molecule has 0 fully saturated rings. The molecule has 1 atom stereocenters. The maximum absolute atomic E-state index is 13.6. The zero-order valence-electron chi connectivity index (χ0n) is 9.62. The molecule has 0 saturated heterocycles. The summed E-state index contributed by atoms with van der Waals surface area (Å²) in [6, 6.07) is 8.39. The second-order valence-electron chi connectivity index (χ2n) is 4.05. The van der Waals surface area contributed by atoms with Crippen LogP contribution < -0.4 is 0 Å². The van der Waals surface area contributed by atoms with Crippen LogP contribution in [-0.2, 0) is 0 Å². The molecule has 1 nitrogen and oxygen atoms in total. The zero-order chi connectivity index (χ0) is 13.3. The SMILES string of the molecule is Cc1ccc(C(O)c2c(F)cccc2Cl)cc1F. The first-order valence-electron chi connectivity index (χ1n) is 5.38. The monoisotopic (exact) mass is 268 g/mol. The number of aliphatic hydroxyl groups is 1. The highest BCUT2D eigenvalue weighted by Gasteiger charge is 2.19. The standard InChI is InChI=1S/C14H11ClF2O/c1-8-5-6-9(7-12(8)17)14(18)13-10(15)3-2-4-11(13)16/h2-7,14,18H,1H3. The van der Waals surface area contributed by atoms with Gasteiger partial charge in [-0.2, -0.15) is 0 Å². The van der Waals surface area contributed by atoms with Crippen LogP contribution in [0.3, 0.4) is 0 Å². The van der Waals surface area contributed by atoms with Crippen molar-refractivity contribution in [3.05, 3.63) is 69.7 Å². The number of rotatable bonds is 2. The van der Waals surface area contributed by atoms with Gasteiger partial charge in [0.05, 0.1) is 0 Å². The van der Waals surface area contributed by atoms with Gasteiger partial charge in [0.25, 0.3) is 0 Å². The molecular weight excluding hydrogens is 258 g/mol. The summed E-state index contributed by atoms with van der Waals surface area (Å²) in [4.78, 5) is 0. The van der Waals surface area contributed by atoms with Gasteiger partial charge in [0.2, 0.25) is 0 Å². The predicted octanol–water partition coefficient (Wildman–Crippen LogP) is 4.01. The Morgan fingerprint density at radius 1 is 1.11 bits per heavy atom. The lowest BCUT2D eigenvalue weighted by molar-refractivity contribution is 0.214. The largest absolute Gasteiger partial charge is 0.383 e. The Hall–Kier alpha value is -1.45. The third-order valence-electron chi connectivity index (χ3n) is 2.78. The van der Waals surface area contributed by atoms with Gasteiger partial charge in [-0.05, 0) is 36.2 Å². The van der Waals surface area contributed by atoms with Crippen molar-refractivity contribution in [1.82, 2.24) is 0 Å². The summed E-state index contributed by atoms with van der Waals surface area (Å²) in [5.41, 5.74) is 0.693. The number of aliphatic hydroxyl groups excluding tert-OH is 1.